The van der Waals surface area contributed by atoms with Gasteiger partial charge in [-0.1, -0.05) is 0 Å². The number of nitrogens with one attached hydrogen (secondary N) is 2. The molecule has 0 unspecified atom stereocenters. The zero-order valence-corrected chi connectivity index (χ0v) is 10.9. The van der Waals surface area contributed by atoms with Crippen LogP contribution < -0.4 is 10.6 Å². The first-order chi connectivity index (χ1) is 8.02. The molecule has 2 N–H and O–H groups in total. The number of rotatable bonds is 1. The molecular weight excluding hydrogens is 216 g/mol. The lowest BCUT2D eigenvalue weighted by atomic mass is 10.0. The Morgan fingerprint density at radius 3 is 2.82 bits per heavy atom. The smallest absolute Gasteiger partial charge is 0.314 e. The molecule has 2 amide bonds. The van der Waals surface area contributed by atoms with E-state index in [-0.39, 0.29) is 18.1 Å². The Labute approximate surface area is 102 Å². The van der Waals surface area contributed by atoms with Crippen LogP contribution in [0.2, 0.25) is 0 Å². The molecule has 2 atom stereocenters. The van der Waals surface area contributed by atoms with Crippen molar-refractivity contribution < 1.29 is 4.79 Å². The number of amidine groups is 1. The van der Waals surface area contributed by atoms with Crippen LogP contribution in [-0.4, -0.2) is 42.4 Å². The third kappa shape index (κ3) is 2.14. The predicted octanol–water partition coefficient (Wildman–Crippen LogP) is 1.08. The van der Waals surface area contributed by atoms with Gasteiger partial charge >= 0.3 is 6.03 Å². The lowest BCUT2D eigenvalue weighted by Crippen LogP contribution is -2.42. The highest BCUT2D eigenvalue weighted by molar-refractivity contribution is 5.84. The van der Waals surface area contributed by atoms with E-state index >= 15 is 0 Å². The van der Waals surface area contributed by atoms with Gasteiger partial charge in [0.15, 0.2) is 0 Å². The van der Waals surface area contributed by atoms with Crippen molar-refractivity contribution in [2.75, 3.05) is 13.6 Å². The number of aliphatic imine (C=N–C) groups is 1. The van der Waals surface area contributed by atoms with Gasteiger partial charge in [0.25, 0.3) is 0 Å². The highest BCUT2D eigenvalue weighted by Gasteiger charge is 2.33. The summed E-state index contributed by atoms with van der Waals surface area (Å²) in [5.41, 5.74) is 2.64. The molecule has 2 aliphatic rings. The molecule has 5 nitrogen and oxygen atoms in total. The summed E-state index contributed by atoms with van der Waals surface area (Å²) in [5.74, 6) is 1.05. The van der Waals surface area contributed by atoms with Crippen LogP contribution in [0.1, 0.15) is 27.2 Å². The van der Waals surface area contributed by atoms with Crippen molar-refractivity contribution in [2.45, 2.75) is 39.3 Å². The first-order valence-electron chi connectivity index (χ1n) is 6.02. The van der Waals surface area contributed by atoms with E-state index < -0.39 is 0 Å². The van der Waals surface area contributed by atoms with E-state index in [1.807, 2.05) is 6.92 Å². The van der Waals surface area contributed by atoms with Gasteiger partial charge in [-0.3, -0.25) is 4.99 Å². The molecule has 0 aromatic rings. The van der Waals surface area contributed by atoms with Crippen molar-refractivity contribution in [3.8, 4) is 0 Å². The van der Waals surface area contributed by atoms with Gasteiger partial charge in [-0.15, -0.1) is 0 Å². The van der Waals surface area contributed by atoms with Gasteiger partial charge in [0.1, 0.15) is 5.84 Å². The van der Waals surface area contributed by atoms with E-state index in [4.69, 9.17) is 0 Å². The van der Waals surface area contributed by atoms with Crippen LogP contribution in [0, 0.1) is 0 Å². The summed E-state index contributed by atoms with van der Waals surface area (Å²) in [6.07, 6.45) is 0.899. The van der Waals surface area contributed by atoms with E-state index in [0.717, 1.165) is 18.8 Å². The van der Waals surface area contributed by atoms with Gasteiger partial charge in [0.2, 0.25) is 0 Å². The molecule has 0 saturated carbocycles. The summed E-state index contributed by atoms with van der Waals surface area (Å²) in [4.78, 5) is 18.1. The monoisotopic (exact) mass is 236 g/mol. The van der Waals surface area contributed by atoms with Crippen molar-refractivity contribution in [1.29, 1.82) is 0 Å². The van der Waals surface area contributed by atoms with Crippen LogP contribution in [-0.2, 0) is 0 Å². The molecule has 5 heteroatoms. The number of fused-ring (bicyclic) bond motifs is 1. The lowest BCUT2D eigenvalue weighted by molar-refractivity contribution is 0.239. The fraction of sp³-hybridized carbons (Fsp3) is 0.667. The molecule has 0 radical (unpaired) electrons. The second-order valence-electron chi connectivity index (χ2n) is 4.72. The Hall–Kier alpha value is -1.52. The predicted molar refractivity (Wildman–Crippen MR) is 68.0 cm³/mol. The topological polar surface area (TPSA) is 56.7 Å². The normalized spacial score (nSPS) is 27.8. The highest BCUT2D eigenvalue weighted by atomic mass is 16.2. The summed E-state index contributed by atoms with van der Waals surface area (Å²) in [6, 6.07) is 0.325. The molecule has 0 bridgehead atoms. The van der Waals surface area contributed by atoms with Crippen molar-refractivity contribution in [2.24, 2.45) is 4.99 Å². The number of hydrogen-bond acceptors (Lipinski definition) is 3. The number of nitrogens with zero attached hydrogens (tertiary/aromatic N) is 2. The standard InChI is InChI=1S/C12H20N4O/c1-7-8(2)14-9(3)16-6-10(5-11(7)16)15-12(17)13-4/h8,10H,5-6H2,1-4H3,(H2,13,15,17)/t8-,10-/m0/s1. The van der Waals surface area contributed by atoms with Gasteiger partial charge in [-0.2, -0.15) is 0 Å². The minimum Gasteiger partial charge on any atom is -0.341 e. The van der Waals surface area contributed by atoms with Crippen molar-refractivity contribution >= 4 is 11.9 Å². The average Bonchev–Trinajstić information content (AvgIpc) is 2.70. The quantitative estimate of drug-likeness (QED) is 0.716. The number of carbonyl (C=O) groups excluding carboxylic acids is 1. The van der Waals surface area contributed by atoms with Crippen LogP contribution >= 0.6 is 0 Å². The fourth-order valence-electron chi connectivity index (χ4n) is 2.48. The molecule has 2 aliphatic heterocycles. The summed E-state index contributed by atoms with van der Waals surface area (Å²) in [7, 11) is 1.64. The summed E-state index contributed by atoms with van der Waals surface area (Å²) in [5, 5.41) is 5.55. The van der Waals surface area contributed by atoms with Crippen LogP contribution in [0.4, 0.5) is 4.79 Å². The van der Waals surface area contributed by atoms with E-state index in [1.165, 1.54) is 11.3 Å². The Bertz CT molecular complexity index is 399. The van der Waals surface area contributed by atoms with Gasteiger partial charge in [0.05, 0.1) is 12.1 Å². The average molecular weight is 236 g/mol. The maximum absolute atomic E-state index is 11.3. The van der Waals surface area contributed by atoms with E-state index in [2.05, 4.69) is 34.4 Å². The second kappa shape index (κ2) is 4.39. The molecule has 0 aromatic carbocycles. The number of amides is 2. The Kier molecular flexibility index (Phi) is 3.09. The largest absolute Gasteiger partial charge is 0.341 e. The third-order valence-electron chi connectivity index (χ3n) is 3.58. The van der Waals surface area contributed by atoms with Crippen LogP contribution in [0.15, 0.2) is 16.3 Å². The van der Waals surface area contributed by atoms with Crippen molar-refractivity contribution in [1.82, 2.24) is 15.5 Å². The van der Waals surface area contributed by atoms with E-state index in [0.29, 0.717) is 0 Å². The van der Waals surface area contributed by atoms with Crippen molar-refractivity contribution in [3.63, 3.8) is 0 Å². The maximum Gasteiger partial charge on any atom is 0.314 e. The second-order valence-corrected chi connectivity index (χ2v) is 4.72. The maximum atomic E-state index is 11.3. The summed E-state index contributed by atoms with van der Waals surface area (Å²) in [6.45, 7) is 7.10. The minimum absolute atomic E-state index is 0.115. The Balaban J connectivity index is 2.13. The Morgan fingerprint density at radius 1 is 1.47 bits per heavy atom. The number of carbonyl (C=O) groups is 1. The number of hydrogen-bond donors (Lipinski definition) is 2. The third-order valence-corrected chi connectivity index (χ3v) is 3.58. The number of urea groups is 1. The first-order valence-corrected chi connectivity index (χ1v) is 6.02. The van der Waals surface area contributed by atoms with E-state index in [9.17, 15) is 4.79 Å². The molecular formula is C12H20N4O. The van der Waals surface area contributed by atoms with Gasteiger partial charge in [0, 0.05) is 25.7 Å². The van der Waals surface area contributed by atoms with Crippen LogP contribution in [0.3, 0.4) is 0 Å². The highest BCUT2D eigenvalue weighted by Crippen LogP contribution is 2.30. The molecule has 17 heavy (non-hydrogen) atoms. The van der Waals surface area contributed by atoms with Gasteiger partial charge in [-0.25, -0.2) is 4.79 Å². The minimum atomic E-state index is -0.115. The Morgan fingerprint density at radius 2 is 2.18 bits per heavy atom. The molecule has 2 rings (SSSR count). The van der Waals surface area contributed by atoms with Crippen LogP contribution in [0.25, 0.3) is 0 Å². The fourth-order valence-corrected chi connectivity index (χ4v) is 2.48. The first kappa shape index (κ1) is 12.0. The SMILES string of the molecule is CNC(=O)N[C@H]1CC2=C(C)[C@H](C)N=C(C)N2C1. The zero-order valence-electron chi connectivity index (χ0n) is 10.9. The van der Waals surface area contributed by atoms with Gasteiger partial charge in [-0.05, 0) is 26.3 Å². The molecule has 1 fully saturated rings. The van der Waals surface area contributed by atoms with Crippen molar-refractivity contribution in [3.05, 3.63) is 11.3 Å². The van der Waals surface area contributed by atoms with E-state index in [1.54, 1.807) is 7.05 Å². The molecule has 0 spiro atoms. The molecule has 1 saturated heterocycles. The summed E-state index contributed by atoms with van der Waals surface area (Å²) < 4.78 is 0. The molecule has 94 valence electrons. The van der Waals surface area contributed by atoms with Crippen LogP contribution in [0.5, 0.6) is 0 Å². The molecule has 2 heterocycles. The zero-order chi connectivity index (χ0) is 12.6. The van der Waals surface area contributed by atoms with Gasteiger partial charge < -0.3 is 15.5 Å². The molecule has 0 aliphatic carbocycles. The molecule has 0 aromatic heterocycles. The summed E-state index contributed by atoms with van der Waals surface area (Å²) >= 11 is 0. The lowest BCUT2D eigenvalue weighted by Gasteiger charge is -2.28.